The molecule has 0 atom stereocenters. The Bertz CT molecular complexity index is 774. The Morgan fingerprint density at radius 1 is 0.739 bits per heavy atom. The number of aliphatic hydroxyl groups excluding tert-OH is 2. The summed E-state index contributed by atoms with van der Waals surface area (Å²) in [5.74, 6) is -2.47. The van der Waals surface area contributed by atoms with Crippen LogP contribution in [-0.2, 0) is 9.59 Å². The molecular weight excluding hydrogens is 360 g/mol. The topological polar surface area (TPSA) is 74.6 Å². The average molecular weight is 373 g/mol. The van der Waals surface area contributed by atoms with Crippen molar-refractivity contribution in [1.29, 1.82) is 0 Å². The van der Waals surface area contributed by atoms with E-state index in [4.69, 9.17) is 0 Å². The Labute approximate surface area is 141 Å². The largest absolute Gasteiger partial charge is 0.507 e. The van der Waals surface area contributed by atoms with Crippen LogP contribution in [0.3, 0.4) is 0 Å². The maximum atomic E-state index is 11.8. The highest BCUT2D eigenvalue weighted by Gasteiger charge is 2.12. The average Bonchev–Trinajstić information content (AvgIpc) is 2.56. The molecule has 0 unspecified atom stereocenters. The van der Waals surface area contributed by atoms with Crippen LogP contribution in [0.4, 0.5) is 0 Å². The Hall–Kier alpha value is -2.66. The molecule has 2 rings (SSSR count). The summed E-state index contributed by atoms with van der Waals surface area (Å²) >= 11 is 3.26. The van der Waals surface area contributed by atoms with Crippen LogP contribution in [0.15, 0.2) is 71.2 Å². The van der Waals surface area contributed by atoms with Gasteiger partial charge in [-0.05, 0) is 12.1 Å². The maximum Gasteiger partial charge on any atom is 0.229 e. The summed E-state index contributed by atoms with van der Waals surface area (Å²) < 4.78 is 0.826. The number of hydrogen-bond acceptors (Lipinski definition) is 4. The van der Waals surface area contributed by atoms with Crippen molar-refractivity contribution in [3.05, 3.63) is 82.3 Å². The lowest BCUT2D eigenvalue weighted by Gasteiger charge is -2.00. The van der Waals surface area contributed by atoms with E-state index >= 15 is 0 Å². The minimum absolute atomic E-state index is 0.305. The summed E-state index contributed by atoms with van der Waals surface area (Å²) in [6.45, 7) is 0. The standard InChI is InChI=1S/C18H13BrO4/c19-14-8-6-13(7-9-14)16(21)11-18(23)17(22)10-15(20)12-4-2-1-3-5-12/h1-11,20-21H. The van der Waals surface area contributed by atoms with Crippen LogP contribution in [0.1, 0.15) is 11.1 Å². The minimum atomic E-state index is -0.923. The lowest BCUT2D eigenvalue weighted by atomic mass is 10.1. The van der Waals surface area contributed by atoms with Crippen LogP contribution in [0.25, 0.3) is 11.5 Å². The summed E-state index contributed by atoms with van der Waals surface area (Å²) in [6, 6.07) is 15.0. The monoisotopic (exact) mass is 372 g/mol. The van der Waals surface area contributed by atoms with Crippen LogP contribution in [0, 0.1) is 0 Å². The van der Waals surface area contributed by atoms with Gasteiger partial charge in [-0.15, -0.1) is 0 Å². The van der Waals surface area contributed by atoms with E-state index < -0.39 is 11.6 Å². The van der Waals surface area contributed by atoms with Gasteiger partial charge >= 0.3 is 0 Å². The molecule has 0 saturated heterocycles. The third-order valence-corrected chi connectivity index (χ3v) is 3.52. The first-order valence-corrected chi connectivity index (χ1v) is 7.47. The van der Waals surface area contributed by atoms with Gasteiger partial charge in [-0.3, -0.25) is 9.59 Å². The van der Waals surface area contributed by atoms with E-state index in [9.17, 15) is 19.8 Å². The fourth-order valence-electron chi connectivity index (χ4n) is 1.79. The highest BCUT2D eigenvalue weighted by atomic mass is 79.9. The van der Waals surface area contributed by atoms with Crippen LogP contribution in [-0.4, -0.2) is 21.8 Å². The first-order valence-electron chi connectivity index (χ1n) is 6.68. The van der Waals surface area contributed by atoms with Crippen molar-refractivity contribution in [1.82, 2.24) is 0 Å². The zero-order valence-corrected chi connectivity index (χ0v) is 13.5. The lowest BCUT2D eigenvalue weighted by molar-refractivity contribution is -0.130. The zero-order chi connectivity index (χ0) is 16.8. The number of rotatable bonds is 5. The number of allylic oxidation sites excluding steroid dienone is 2. The molecule has 2 aromatic rings. The van der Waals surface area contributed by atoms with Crippen molar-refractivity contribution in [2.24, 2.45) is 0 Å². The van der Waals surface area contributed by atoms with Crippen LogP contribution >= 0.6 is 15.9 Å². The molecule has 0 fully saturated rings. The van der Waals surface area contributed by atoms with E-state index in [1.165, 1.54) is 0 Å². The fraction of sp³-hybridized carbons (Fsp3) is 0. The number of halogens is 1. The summed E-state index contributed by atoms with van der Waals surface area (Å²) in [5.41, 5.74) is 0.834. The van der Waals surface area contributed by atoms with Crippen LogP contribution in [0.5, 0.6) is 0 Å². The SMILES string of the molecule is O=C(C=C(O)c1ccccc1)C(=O)C=C(O)c1ccc(Br)cc1. The summed E-state index contributed by atoms with van der Waals surface area (Å²) in [4.78, 5) is 23.6. The van der Waals surface area contributed by atoms with Gasteiger partial charge in [-0.2, -0.15) is 0 Å². The third-order valence-electron chi connectivity index (χ3n) is 2.99. The van der Waals surface area contributed by atoms with E-state index in [2.05, 4.69) is 15.9 Å². The molecule has 0 heterocycles. The van der Waals surface area contributed by atoms with Gasteiger partial charge in [0, 0.05) is 27.8 Å². The minimum Gasteiger partial charge on any atom is -0.507 e. The normalized spacial score (nSPS) is 12.0. The number of aliphatic hydroxyl groups is 2. The molecule has 0 amide bonds. The van der Waals surface area contributed by atoms with E-state index in [1.54, 1.807) is 54.6 Å². The predicted octanol–water partition coefficient (Wildman–Crippen LogP) is 4.09. The van der Waals surface area contributed by atoms with Gasteiger partial charge in [0.05, 0.1) is 0 Å². The zero-order valence-electron chi connectivity index (χ0n) is 11.9. The second-order valence-corrected chi connectivity index (χ2v) is 5.58. The second kappa shape index (κ2) is 7.56. The van der Waals surface area contributed by atoms with Gasteiger partial charge in [0.1, 0.15) is 11.5 Å². The molecule has 2 N–H and O–H groups in total. The van der Waals surface area contributed by atoms with Gasteiger partial charge in [0.2, 0.25) is 11.6 Å². The molecule has 23 heavy (non-hydrogen) atoms. The Morgan fingerprint density at radius 3 is 1.65 bits per heavy atom. The number of carbonyl (C=O) groups excluding carboxylic acids is 2. The molecule has 0 spiro atoms. The maximum absolute atomic E-state index is 11.8. The molecule has 0 radical (unpaired) electrons. The molecule has 116 valence electrons. The van der Waals surface area contributed by atoms with Crippen LogP contribution < -0.4 is 0 Å². The third kappa shape index (κ3) is 4.66. The Morgan fingerprint density at radius 2 is 1.17 bits per heavy atom. The molecular formula is C18H13BrO4. The Balaban J connectivity index is 2.15. The molecule has 0 bridgehead atoms. The highest BCUT2D eigenvalue weighted by molar-refractivity contribution is 9.10. The quantitative estimate of drug-likeness (QED) is 0.471. The van der Waals surface area contributed by atoms with E-state index in [-0.39, 0.29) is 11.5 Å². The number of hydrogen-bond donors (Lipinski definition) is 2. The van der Waals surface area contributed by atoms with Crippen LogP contribution in [0.2, 0.25) is 0 Å². The molecule has 0 aromatic heterocycles. The Kier molecular flexibility index (Phi) is 5.49. The molecule has 0 aliphatic heterocycles. The van der Waals surface area contributed by atoms with Crippen molar-refractivity contribution in [2.75, 3.05) is 0 Å². The van der Waals surface area contributed by atoms with Crippen molar-refractivity contribution in [2.45, 2.75) is 0 Å². The highest BCUT2D eigenvalue weighted by Crippen LogP contribution is 2.16. The first-order chi connectivity index (χ1) is 11.0. The second-order valence-electron chi connectivity index (χ2n) is 4.66. The summed E-state index contributed by atoms with van der Waals surface area (Å²) in [5, 5.41) is 19.7. The number of carbonyl (C=O) groups is 2. The molecule has 0 saturated carbocycles. The predicted molar refractivity (Wildman–Crippen MR) is 91.8 cm³/mol. The van der Waals surface area contributed by atoms with Crippen molar-refractivity contribution in [3.63, 3.8) is 0 Å². The molecule has 4 nitrogen and oxygen atoms in total. The first kappa shape index (κ1) is 16.7. The van der Waals surface area contributed by atoms with E-state index in [1.807, 2.05) is 0 Å². The molecule has 0 aliphatic rings. The fourth-order valence-corrected chi connectivity index (χ4v) is 2.05. The van der Waals surface area contributed by atoms with E-state index in [0.29, 0.717) is 11.1 Å². The number of ketones is 2. The van der Waals surface area contributed by atoms with Gasteiger partial charge in [-0.1, -0.05) is 58.4 Å². The smallest absolute Gasteiger partial charge is 0.229 e. The molecule has 5 heteroatoms. The molecule has 2 aromatic carbocycles. The number of benzene rings is 2. The van der Waals surface area contributed by atoms with Gasteiger partial charge in [-0.25, -0.2) is 0 Å². The van der Waals surface area contributed by atoms with Gasteiger partial charge in [0.15, 0.2) is 0 Å². The van der Waals surface area contributed by atoms with Gasteiger partial charge in [0.25, 0.3) is 0 Å². The summed E-state index contributed by atoms with van der Waals surface area (Å²) in [7, 11) is 0. The van der Waals surface area contributed by atoms with Crippen molar-refractivity contribution in [3.8, 4) is 0 Å². The lowest BCUT2D eigenvalue weighted by Crippen LogP contribution is -2.09. The van der Waals surface area contributed by atoms with Crippen molar-refractivity contribution >= 4 is 39.0 Å². The van der Waals surface area contributed by atoms with Gasteiger partial charge < -0.3 is 10.2 Å². The van der Waals surface area contributed by atoms with Crippen molar-refractivity contribution < 1.29 is 19.8 Å². The summed E-state index contributed by atoms with van der Waals surface area (Å²) in [6.07, 6.45) is 1.67. The molecule has 0 aliphatic carbocycles. The van der Waals surface area contributed by atoms with E-state index in [0.717, 1.165) is 16.6 Å².